The predicted octanol–water partition coefficient (Wildman–Crippen LogP) is 4.49. The summed E-state index contributed by atoms with van der Waals surface area (Å²) in [7, 11) is -3.58. The van der Waals surface area contributed by atoms with Gasteiger partial charge in [0, 0.05) is 47.2 Å². The van der Waals surface area contributed by atoms with Crippen LogP contribution >= 0.6 is 0 Å². The molecule has 1 fully saturated rings. The number of sulfonamides is 1. The fourth-order valence-corrected chi connectivity index (χ4v) is 6.55. The standard InChI is InChI=1S/C26H27N3O4S/c1-3-29-23-14-13-22(20-7-4-8-21(24(20)23)26(29)31)27-25(30)18-9-11-19(12-10-18)34(32,33)28-15-5-6-17(2)16-28/h4,7-14,17H,3,5-6,15-16H2,1-2H3,(H,27,30)/t17-/m0/s1. The van der Waals surface area contributed by atoms with E-state index < -0.39 is 10.0 Å². The Bertz CT molecular complexity index is 1400. The molecule has 0 bridgehead atoms. The smallest absolute Gasteiger partial charge is 0.258 e. The lowest BCUT2D eigenvalue weighted by Crippen LogP contribution is -2.39. The summed E-state index contributed by atoms with van der Waals surface area (Å²) in [5.41, 5.74) is 2.44. The van der Waals surface area contributed by atoms with Crippen molar-refractivity contribution in [3.8, 4) is 0 Å². The van der Waals surface area contributed by atoms with Gasteiger partial charge in [-0.2, -0.15) is 4.31 Å². The molecule has 0 spiro atoms. The van der Waals surface area contributed by atoms with Gasteiger partial charge in [0.1, 0.15) is 0 Å². The van der Waals surface area contributed by atoms with Gasteiger partial charge in [-0.3, -0.25) is 9.59 Å². The molecule has 0 aromatic heterocycles. The molecule has 2 aliphatic rings. The Labute approximate surface area is 199 Å². The number of nitrogens with one attached hydrogen (secondary N) is 1. The van der Waals surface area contributed by atoms with Gasteiger partial charge in [-0.25, -0.2) is 8.42 Å². The third-order valence-electron chi connectivity index (χ3n) is 6.72. The van der Waals surface area contributed by atoms with Crippen LogP contribution in [0.25, 0.3) is 10.8 Å². The molecule has 0 aliphatic carbocycles. The molecule has 176 valence electrons. The van der Waals surface area contributed by atoms with Crippen molar-refractivity contribution in [3.05, 3.63) is 65.7 Å². The summed E-state index contributed by atoms with van der Waals surface area (Å²) in [5.74, 6) is -0.0366. The Balaban J connectivity index is 1.40. The highest BCUT2D eigenvalue weighted by molar-refractivity contribution is 7.89. The van der Waals surface area contributed by atoms with Crippen LogP contribution in [0, 0.1) is 5.92 Å². The van der Waals surface area contributed by atoms with Gasteiger partial charge in [-0.05, 0) is 68.1 Å². The van der Waals surface area contributed by atoms with Gasteiger partial charge in [-0.15, -0.1) is 0 Å². The molecule has 2 aliphatic heterocycles. The number of hydrogen-bond donors (Lipinski definition) is 1. The van der Waals surface area contributed by atoms with Gasteiger partial charge < -0.3 is 10.2 Å². The molecule has 3 aromatic carbocycles. The van der Waals surface area contributed by atoms with Crippen molar-refractivity contribution in [2.45, 2.75) is 31.6 Å². The minimum atomic E-state index is -3.58. The first-order valence-corrected chi connectivity index (χ1v) is 13.0. The minimum Gasteiger partial charge on any atom is -0.321 e. The van der Waals surface area contributed by atoms with Crippen molar-refractivity contribution in [2.24, 2.45) is 5.92 Å². The Hall–Kier alpha value is -3.23. The molecule has 5 rings (SSSR count). The zero-order valence-electron chi connectivity index (χ0n) is 19.2. The van der Waals surface area contributed by atoms with E-state index in [4.69, 9.17) is 0 Å². The minimum absolute atomic E-state index is 0.0357. The Morgan fingerprint density at radius 3 is 2.56 bits per heavy atom. The molecule has 34 heavy (non-hydrogen) atoms. The molecule has 0 saturated carbocycles. The zero-order valence-corrected chi connectivity index (χ0v) is 20.1. The van der Waals surface area contributed by atoms with Crippen molar-refractivity contribution >= 4 is 44.0 Å². The molecular weight excluding hydrogens is 450 g/mol. The van der Waals surface area contributed by atoms with E-state index in [1.54, 1.807) is 17.0 Å². The van der Waals surface area contributed by atoms with Crippen LogP contribution in [-0.4, -0.2) is 44.2 Å². The van der Waals surface area contributed by atoms with Crippen LogP contribution in [0.4, 0.5) is 11.4 Å². The SMILES string of the molecule is CCN1C(=O)c2cccc3c(NC(=O)c4ccc(S(=O)(=O)N5CCC[C@H](C)C5)cc4)ccc1c23. The zero-order chi connectivity index (χ0) is 24.0. The molecule has 0 radical (unpaired) electrons. The van der Waals surface area contributed by atoms with Crippen molar-refractivity contribution in [3.63, 3.8) is 0 Å². The predicted molar refractivity (Wildman–Crippen MR) is 133 cm³/mol. The van der Waals surface area contributed by atoms with Crippen molar-refractivity contribution in [1.82, 2.24) is 4.31 Å². The highest BCUT2D eigenvalue weighted by Crippen LogP contribution is 2.40. The number of hydrogen-bond acceptors (Lipinski definition) is 4. The number of anilines is 2. The molecule has 2 heterocycles. The van der Waals surface area contributed by atoms with E-state index in [9.17, 15) is 18.0 Å². The van der Waals surface area contributed by atoms with Crippen LogP contribution < -0.4 is 10.2 Å². The number of benzene rings is 3. The Kier molecular flexibility index (Phi) is 5.65. The molecule has 1 saturated heterocycles. The van der Waals surface area contributed by atoms with Gasteiger partial charge in [-0.1, -0.05) is 19.1 Å². The highest BCUT2D eigenvalue weighted by Gasteiger charge is 2.30. The largest absolute Gasteiger partial charge is 0.321 e. The van der Waals surface area contributed by atoms with Crippen LogP contribution in [0.15, 0.2) is 59.5 Å². The third-order valence-corrected chi connectivity index (χ3v) is 8.60. The quantitative estimate of drug-likeness (QED) is 0.587. The van der Waals surface area contributed by atoms with Gasteiger partial charge in [0.25, 0.3) is 11.8 Å². The molecular formula is C26H27N3O4S. The van der Waals surface area contributed by atoms with Gasteiger partial charge in [0.2, 0.25) is 10.0 Å². The number of nitrogens with zero attached hydrogens (tertiary/aromatic N) is 2. The molecule has 8 heteroatoms. The van der Waals surface area contributed by atoms with E-state index in [1.807, 2.05) is 25.1 Å². The fraction of sp³-hybridized carbons (Fsp3) is 0.308. The van der Waals surface area contributed by atoms with Crippen LogP contribution in [0.1, 0.15) is 47.4 Å². The van der Waals surface area contributed by atoms with Crippen LogP contribution in [0.3, 0.4) is 0 Å². The van der Waals surface area contributed by atoms with E-state index >= 15 is 0 Å². The summed E-state index contributed by atoms with van der Waals surface area (Å²) >= 11 is 0. The molecule has 2 amide bonds. The summed E-state index contributed by atoms with van der Waals surface area (Å²) in [4.78, 5) is 27.6. The molecule has 1 N–H and O–H groups in total. The number of piperidine rings is 1. The normalized spacial score (nSPS) is 18.5. The van der Waals surface area contributed by atoms with Gasteiger partial charge >= 0.3 is 0 Å². The fourth-order valence-electron chi connectivity index (χ4n) is 4.96. The monoisotopic (exact) mass is 477 g/mol. The van der Waals surface area contributed by atoms with Crippen LogP contribution in [0.2, 0.25) is 0 Å². The number of carbonyl (C=O) groups excluding carboxylic acids is 2. The van der Waals surface area contributed by atoms with Crippen molar-refractivity contribution < 1.29 is 18.0 Å². The lowest BCUT2D eigenvalue weighted by Gasteiger charge is -2.30. The lowest BCUT2D eigenvalue weighted by molar-refractivity contribution is 0.0992. The number of amides is 2. The first-order chi connectivity index (χ1) is 16.3. The summed E-state index contributed by atoms with van der Waals surface area (Å²) in [6, 6.07) is 15.2. The number of rotatable bonds is 5. The maximum atomic E-state index is 13.0. The average Bonchev–Trinajstić information content (AvgIpc) is 3.13. The second-order valence-corrected chi connectivity index (χ2v) is 10.9. The third kappa shape index (κ3) is 3.67. The average molecular weight is 478 g/mol. The van der Waals surface area contributed by atoms with Crippen molar-refractivity contribution in [2.75, 3.05) is 29.9 Å². The van der Waals surface area contributed by atoms with Gasteiger partial charge in [0.05, 0.1) is 10.6 Å². The Morgan fingerprint density at radius 1 is 1.09 bits per heavy atom. The summed E-state index contributed by atoms with van der Waals surface area (Å²) in [5, 5.41) is 4.56. The van der Waals surface area contributed by atoms with E-state index in [2.05, 4.69) is 12.2 Å². The topological polar surface area (TPSA) is 86.8 Å². The first-order valence-electron chi connectivity index (χ1n) is 11.6. The van der Waals surface area contributed by atoms with Crippen LogP contribution in [0.5, 0.6) is 0 Å². The summed E-state index contributed by atoms with van der Waals surface area (Å²) in [6.07, 6.45) is 1.89. The highest BCUT2D eigenvalue weighted by atomic mass is 32.2. The maximum absolute atomic E-state index is 13.0. The van der Waals surface area contributed by atoms with Crippen LogP contribution in [-0.2, 0) is 10.0 Å². The van der Waals surface area contributed by atoms with E-state index in [1.165, 1.54) is 28.6 Å². The second kappa shape index (κ2) is 8.52. The lowest BCUT2D eigenvalue weighted by atomic mass is 10.0. The van der Waals surface area contributed by atoms with Crippen molar-refractivity contribution in [1.29, 1.82) is 0 Å². The second-order valence-electron chi connectivity index (χ2n) is 9.00. The molecule has 0 unspecified atom stereocenters. The first kappa shape index (κ1) is 22.6. The maximum Gasteiger partial charge on any atom is 0.258 e. The van der Waals surface area contributed by atoms with E-state index in [0.29, 0.717) is 42.4 Å². The Morgan fingerprint density at radius 2 is 1.85 bits per heavy atom. The number of carbonyl (C=O) groups is 2. The molecule has 3 aromatic rings. The van der Waals surface area contributed by atoms with E-state index in [-0.39, 0.29) is 16.7 Å². The summed E-state index contributed by atoms with van der Waals surface area (Å²) < 4.78 is 27.5. The molecule has 1 atom stereocenters. The molecule has 7 nitrogen and oxygen atoms in total. The van der Waals surface area contributed by atoms with Gasteiger partial charge in [0.15, 0.2) is 0 Å². The van der Waals surface area contributed by atoms with E-state index in [0.717, 1.165) is 29.3 Å². The summed E-state index contributed by atoms with van der Waals surface area (Å²) in [6.45, 7) is 5.61.